The molecule has 0 radical (unpaired) electrons. The fourth-order valence-corrected chi connectivity index (χ4v) is 2.65. The van der Waals surface area contributed by atoms with Gasteiger partial charge in [-0.3, -0.25) is 14.2 Å². The minimum Gasteiger partial charge on any atom is -0.305 e. The van der Waals surface area contributed by atoms with Crippen molar-refractivity contribution in [2.75, 3.05) is 5.32 Å². The molecule has 0 bridgehead atoms. The van der Waals surface area contributed by atoms with Crippen molar-refractivity contribution in [3.63, 3.8) is 0 Å². The number of carbonyl (C=O) groups excluding carboxylic acids is 1. The molecule has 0 spiro atoms. The second kappa shape index (κ2) is 7.07. The summed E-state index contributed by atoms with van der Waals surface area (Å²) in [6.45, 7) is 3.15. The molecule has 2 heterocycles. The number of aryl methyl sites for hydroxylation is 1. The molecule has 0 fully saturated rings. The highest BCUT2D eigenvalue weighted by Gasteiger charge is 2.11. The lowest BCUT2D eigenvalue weighted by molar-refractivity contribution is 0.102. The van der Waals surface area contributed by atoms with Gasteiger partial charge in [-0.25, -0.2) is 0 Å². The molecule has 0 saturated heterocycles. The molecule has 0 aliphatic heterocycles. The molecule has 3 rings (SSSR count). The van der Waals surface area contributed by atoms with Crippen molar-refractivity contribution in [2.24, 2.45) is 0 Å². The second-order valence-corrected chi connectivity index (χ2v) is 6.02. The predicted octanol–water partition coefficient (Wildman–Crippen LogP) is 3.71. The number of hydrogen-bond acceptors (Lipinski definition) is 3. The molecule has 24 heavy (non-hydrogen) atoms. The van der Waals surface area contributed by atoms with Crippen molar-refractivity contribution in [3.8, 4) is 0 Å². The van der Waals surface area contributed by atoms with Crippen LogP contribution in [0.3, 0.4) is 0 Å². The van der Waals surface area contributed by atoms with Gasteiger partial charge in [0, 0.05) is 35.1 Å². The van der Waals surface area contributed by atoms with E-state index in [2.05, 4.69) is 15.5 Å². The first-order chi connectivity index (χ1) is 11.5. The number of hydrogen-bond donors (Lipinski definition) is 1. The molecular weight excluding hydrogens is 349 g/mol. The van der Waals surface area contributed by atoms with Crippen LogP contribution in [0.1, 0.15) is 22.8 Å². The number of nitrogens with zero attached hydrogens (tertiary/aromatic N) is 4. The number of amides is 1. The average Bonchev–Trinajstić information content (AvgIpc) is 3.19. The maximum atomic E-state index is 12.2. The number of anilines is 1. The van der Waals surface area contributed by atoms with Crippen molar-refractivity contribution < 1.29 is 4.79 Å². The summed E-state index contributed by atoms with van der Waals surface area (Å²) in [7, 11) is 0. The average molecular weight is 364 g/mol. The Kier molecular flexibility index (Phi) is 4.87. The predicted molar refractivity (Wildman–Crippen MR) is 93.6 cm³/mol. The lowest BCUT2D eigenvalue weighted by Gasteiger charge is -2.05. The lowest BCUT2D eigenvalue weighted by Crippen LogP contribution is -2.12. The highest BCUT2D eigenvalue weighted by molar-refractivity contribution is 6.35. The van der Waals surface area contributed by atoms with Crippen LogP contribution in [0.25, 0.3) is 0 Å². The molecule has 0 atom stereocenters. The molecule has 1 N–H and O–H groups in total. The summed E-state index contributed by atoms with van der Waals surface area (Å²) < 4.78 is 3.39. The number of nitrogens with one attached hydrogen (secondary N) is 1. The quantitative estimate of drug-likeness (QED) is 0.751. The molecule has 6 nitrogen and oxygen atoms in total. The van der Waals surface area contributed by atoms with Gasteiger partial charge in [0.1, 0.15) is 0 Å². The van der Waals surface area contributed by atoms with Crippen molar-refractivity contribution in [3.05, 3.63) is 64.0 Å². The topological polar surface area (TPSA) is 64.7 Å². The molecule has 3 aromatic rings. The maximum absolute atomic E-state index is 12.2. The van der Waals surface area contributed by atoms with Gasteiger partial charge in [0.2, 0.25) is 0 Å². The molecule has 1 aromatic carbocycles. The zero-order valence-electron chi connectivity index (χ0n) is 12.9. The number of rotatable bonds is 5. The van der Waals surface area contributed by atoms with Crippen LogP contribution >= 0.6 is 23.2 Å². The summed E-state index contributed by atoms with van der Waals surface area (Å²) in [6, 6.07) is 7.05. The van der Waals surface area contributed by atoms with Gasteiger partial charge in [0.25, 0.3) is 5.91 Å². The second-order valence-electron chi connectivity index (χ2n) is 5.17. The van der Waals surface area contributed by atoms with Crippen molar-refractivity contribution in [2.45, 2.75) is 20.0 Å². The molecule has 2 aromatic heterocycles. The van der Waals surface area contributed by atoms with E-state index in [0.29, 0.717) is 34.5 Å². The Morgan fingerprint density at radius 3 is 2.79 bits per heavy atom. The fraction of sp³-hybridized carbons (Fsp3) is 0.188. The first-order valence-electron chi connectivity index (χ1n) is 7.36. The van der Waals surface area contributed by atoms with Gasteiger partial charge in [-0.2, -0.15) is 10.2 Å². The van der Waals surface area contributed by atoms with E-state index in [-0.39, 0.29) is 5.91 Å². The van der Waals surface area contributed by atoms with Gasteiger partial charge in [0.15, 0.2) is 5.82 Å². The summed E-state index contributed by atoms with van der Waals surface area (Å²) in [4.78, 5) is 12.2. The van der Waals surface area contributed by atoms with Gasteiger partial charge in [-0.15, -0.1) is 0 Å². The van der Waals surface area contributed by atoms with Crippen LogP contribution < -0.4 is 5.32 Å². The van der Waals surface area contributed by atoms with Crippen LogP contribution in [-0.2, 0) is 13.1 Å². The third kappa shape index (κ3) is 3.77. The number of aromatic nitrogens is 4. The number of halogens is 2. The highest BCUT2D eigenvalue weighted by atomic mass is 35.5. The molecule has 1 amide bonds. The monoisotopic (exact) mass is 363 g/mol. The first-order valence-corrected chi connectivity index (χ1v) is 8.12. The normalized spacial score (nSPS) is 10.8. The SMILES string of the molecule is CCn1cc(C(=O)Nc2ccn(Cc3ccc(Cl)cc3Cl)n2)cn1. The minimum atomic E-state index is -0.246. The van der Waals surface area contributed by atoms with Crippen LogP contribution in [0.15, 0.2) is 42.9 Å². The smallest absolute Gasteiger partial charge is 0.260 e. The van der Waals surface area contributed by atoms with E-state index < -0.39 is 0 Å². The van der Waals surface area contributed by atoms with Crippen LogP contribution in [0.5, 0.6) is 0 Å². The Balaban J connectivity index is 1.68. The molecule has 124 valence electrons. The Morgan fingerprint density at radius 1 is 1.25 bits per heavy atom. The molecule has 8 heteroatoms. The van der Waals surface area contributed by atoms with E-state index in [4.69, 9.17) is 23.2 Å². The number of carbonyl (C=O) groups is 1. The van der Waals surface area contributed by atoms with Crippen molar-refractivity contribution >= 4 is 34.9 Å². The Morgan fingerprint density at radius 2 is 2.08 bits per heavy atom. The van der Waals surface area contributed by atoms with Crippen molar-refractivity contribution in [1.29, 1.82) is 0 Å². The van der Waals surface area contributed by atoms with Crippen LogP contribution in [0.2, 0.25) is 10.0 Å². The highest BCUT2D eigenvalue weighted by Crippen LogP contribution is 2.21. The summed E-state index contributed by atoms with van der Waals surface area (Å²) in [5.41, 5.74) is 1.39. The Hall–Kier alpha value is -2.31. The van der Waals surface area contributed by atoms with Gasteiger partial charge >= 0.3 is 0 Å². The first kappa shape index (κ1) is 16.5. The number of benzene rings is 1. The zero-order valence-corrected chi connectivity index (χ0v) is 14.4. The summed E-state index contributed by atoms with van der Waals surface area (Å²) >= 11 is 12.1. The van der Waals surface area contributed by atoms with Gasteiger partial charge < -0.3 is 5.32 Å². The van der Waals surface area contributed by atoms with Gasteiger partial charge in [-0.1, -0.05) is 29.3 Å². The Bertz CT molecular complexity index is 871. The van der Waals surface area contributed by atoms with Gasteiger partial charge in [0.05, 0.1) is 18.3 Å². The maximum Gasteiger partial charge on any atom is 0.260 e. The fourth-order valence-electron chi connectivity index (χ4n) is 2.18. The summed E-state index contributed by atoms with van der Waals surface area (Å²) in [5.74, 6) is 0.221. The molecule has 0 aliphatic carbocycles. The largest absolute Gasteiger partial charge is 0.305 e. The Labute approximate surface area is 149 Å². The lowest BCUT2D eigenvalue weighted by atomic mass is 10.2. The molecule has 0 saturated carbocycles. The van der Waals surface area contributed by atoms with E-state index >= 15 is 0 Å². The van der Waals surface area contributed by atoms with Crippen molar-refractivity contribution in [1.82, 2.24) is 19.6 Å². The van der Waals surface area contributed by atoms with E-state index in [1.165, 1.54) is 6.20 Å². The van der Waals surface area contributed by atoms with Crippen LogP contribution in [-0.4, -0.2) is 25.5 Å². The van der Waals surface area contributed by atoms with Gasteiger partial charge in [-0.05, 0) is 24.6 Å². The molecule has 0 aliphatic rings. The molecular formula is C16H15Cl2N5O. The van der Waals surface area contributed by atoms with E-state index in [1.54, 1.807) is 40.0 Å². The molecule has 0 unspecified atom stereocenters. The zero-order chi connectivity index (χ0) is 17.1. The van der Waals surface area contributed by atoms with Crippen LogP contribution in [0, 0.1) is 0 Å². The standard InChI is InChI=1S/C16H15Cl2N5O/c1-2-22-10-12(8-19-22)16(24)20-15-5-6-23(21-15)9-11-3-4-13(17)7-14(11)18/h3-8,10H,2,9H2,1H3,(H,20,21,24). The van der Waals surface area contributed by atoms with E-state index in [1.807, 2.05) is 13.0 Å². The van der Waals surface area contributed by atoms with Crippen LogP contribution in [0.4, 0.5) is 5.82 Å². The minimum absolute atomic E-state index is 0.246. The van der Waals surface area contributed by atoms with E-state index in [9.17, 15) is 4.79 Å². The summed E-state index contributed by atoms with van der Waals surface area (Å²) in [6.07, 6.45) is 5.00. The third-order valence-electron chi connectivity index (χ3n) is 3.45. The van der Waals surface area contributed by atoms with E-state index in [0.717, 1.165) is 5.56 Å². The third-order valence-corrected chi connectivity index (χ3v) is 4.04. The summed E-state index contributed by atoms with van der Waals surface area (Å²) in [5, 5.41) is 12.3.